The number of rotatable bonds is 13. The summed E-state index contributed by atoms with van der Waals surface area (Å²) in [4.78, 5) is 8.96. The van der Waals surface area contributed by atoms with Crippen LogP contribution in [0.1, 0.15) is 36.8 Å². The van der Waals surface area contributed by atoms with E-state index in [9.17, 15) is 0 Å². The molecule has 0 saturated carbocycles. The van der Waals surface area contributed by atoms with Crippen LogP contribution >= 0.6 is 9.03 Å². The number of unbranched alkanes of at least 4 members (excludes halogenated alkanes) is 1. The van der Waals surface area contributed by atoms with Gasteiger partial charge in [-0.2, -0.15) is 0 Å². The first-order chi connectivity index (χ1) is 16.6. The van der Waals surface area contributed by atoms with Gasteiger partial charge in [0, 0.05) is 30.4 Å². The van der Waals surface area contributed by atoms with Crippen LogP contribution in [0.2, 0.25) is 0 Å². The highest BCUT2D eigenvalue weighted by Gasteiger charge is 2.19. The molecule has 8 N–H and O–H groups in total. The van der Waals surface area contributed by atoms with E-state index in [-0.39, 0.29) is 0 Å². The second kappa shape index (κ2) is 13.5. The fourth-order valence-corrected chi connectivity index (χ4v) is 3.59. The van der Waals surface area contributed by atoms with Gasteiger partial charge >= 0.3 is 0 Å². The minimum atomic E-state index is -0.584. The summed E-state index contributed by atoms with van der Waals surface area (Å²) in [6.07, 6.45) is 4.78. The summed E-state index contributed by atoms with van der Waals surface area (Å²) in [5.74, 6) is 8.06. The normalized spacial score (nSPS) is 14.1. The van der Waals surface area contributed by atoms with Gasteiger partial charge < -0.3 is 25.9 Å². The molecule has 2 aromatic carbocycles. The SMILES string of the molecule is NCCCCN(N)/C=C(\N)CCC1=NN=C(c2ccccc2)NN1Cc1ccc(OPO)cc1. The van der Waals surface area contributed by atoms with Crippen LogP contribution in [0.15, 0.2) is 76.7 Å². The number of hydrogen-bond donors (Lipinski definition) is 5. The lowest BCUT2D eigenvalue weighted by Gasteiger charge is -2.30. The second-order valence-electron chi connectivity index (χ2n) is 7.80. The lowest BCUT2D eigenvalue weighted by molar-refractivity contribution is 0.351. The second-order valence-corrected chi connectivity index (χ2v) is 8.19. The number of nitrogens with one attached hydrogen (secondary N) is 1. The zero-order chi connectivity index (χ0) is 24.2. The Hall–Kier alpha value is -3.17. The Labute approximate surface area is 202 Å². The predicted octanol–water partition coefficient (Wildman–Crippen LogP) is 2.14. The molecule has 0 spiro atoms. The van der Waals surface area contributed by atoms with Crippen molar-refractivity contribution in [2.24, 2.45) is 27.5 Å². The summed E-state index contributed by atoms with van der Waals surface area (Å²) in [6, 6.07) is 17.4. The largest absolute Gasteiger partial charge is 0.450 e. The maximum atomic E-state index is 8.96. The molecule has 0 saturated heterocycles. The Morgan fingerprint density at radius 2 is 1.88 bits per heavy atom. The summed E-state index contributed by atoms with van der Waals surface area (Å²) in [5, 5.41) is 12.5. The molecule has 3 rings (SSSR count). The minimum Gasteiger partial charge on any atom is -0.450 e. The third-order valence-corrected chi connectivity index (χ3v) is 5.46. The molecule has 1 aliphatic rings. The Morgan fingerprint density at radius 3 is 2.59 bits per heavy atom. The average Bonchev–Trinajstić information content (AvgIpc) is 2.85. The number of nitrogens with zero attached hydrogens (tertiary/aromatic N) is 4. The highest BCUT2D eigenvalue weighted by Crippen LogP contribution is 2.20. The van der Waals surface area contributed by atoms with Crippen molar-refractivity contribution in [2.45, 2.75) is 32.2 Å². The zero-order valence-electron chi connectivity index (χ0n) is 19.1. The summed E-state index contributed by atoms with van der Waals surface area (Å²) in [7, 11) is -0.584. The summed E-state index contributed by atoms with van der Waals surface area (Å²) in [6.45, 7) is 1.91. The lowest BCUT2D eigenvalue weighted by atomic mass is 10.1. The fraction of sp³-hybridized carbons (Fsp3) is 0.304. The van der Waals surface area contributed by atoms with Crippen molar-refractivity contribution >= 4 is 20.7 Å². The molecule has 1 heterocycles. The molecule has 0 bridgehead atoms. The molecule has 182 valence electrons. The highest BCUT2D eigenvalue weighted by molar-refractivity contribution is 7.25. The van der Waals surface area contributed by atoms with Crippen LogP contribution in [-0.2, 0) is 6.54 Å². The van der Waals surface area contributed by atoms with Crippen molar-refractivity contribution < 1.29 is 9.42 Å². The molecule has 1 aliphatic heterocycles. The van der Waals surface area contributed by atoms with E-state index in [1.807, 2.05) is 59.6 Å². The van der Waals surface area contributed by atoms with Crippen molar-refractivity contribution in [2.75, 3.05) is 13.1 Å². The lowest BCUT2D eigenvalue weighted by Crippen LogP contribution is -2.48. The van der Waals surface area contributed by atoms with E-state index in [0.29, 0.717) is 49.8 Å². The Morgan fingerprint density at radius 1 is 1.12 bits per heavy atom. The van der Waals surface area contributed by atoms with Gasteiger partial charge in [-0.3, -0.25) is 10.4 Å². The van der Waals surface area contributed by atoms with Gasteiger partial charge in [0.25, 0.3) is 0 Å². The Balaban J connectivity index is 1.70. The summed E-state index contributed by atoms with van der Waals surface area (Å²) in [5.41, 5.74) is 17.8. The third kappa shape index (κ3) is 8.00. The van der Waals surface area contributed by atoms with Gasteiger partial charge in [-0.05, 0) is 43.5 Å². The molecule has 0 amide bonds. The molecule has 0 fully saturated rings. The first kappa shape index (κ1) is 25.5. The van der Waals surface area contributed by atoms with E-state index in [2.05, 4.69) is 15.6 Å². The van der Waals surface area contributed by atoms with Crippen molar-refractivity contribution in [3.8, 4) is 5.75 Å². The molecule has 1 atom stereocenters. The number of hydrazine groups is 2. The molecule has 34 heavy (non-hydrogen) atoms. The van der Waals surface area contributed by atoms with Gasteiger partial charge in [-0.1, -0.05) is 42.5 Å². The van der Waals surface area contributed by atoms with Crippen LogP contribution in [0.5, 0.6) is 5.75 Å². The predicted molar refractivity (Wildman–Crippen MR) is 137 cm³/mol. The maximum absolute atomic E-state index is 8.96. The number of hydrogen-bond acceptors (Lipinski definition) is 10. The highest BCUT2D eigenvalue weighted by atomic mass is 31.1. The van der Waals surface area contributed by atoms with Crippen LogP contribution in [0.4, 0.5) is 0 Å². The molecular weight excluding hydrogens is 451 g/mol. The van der Waals surface area contributed by atoms with Gasteiger partial charge in [-0.15, -0.1) is 10.2 Å². The Bertz CT molecular complexity index is 982. The number of nitrogens with two attached hydrogens (primary N) is 3. The summed E-state index contributed by atoms with van der Waals surface area (Å²) < 4.78 is 5.14. The van der Waals surface area contributed by atoms with Gasteiger partial charge in [0.1, 0.15) is 11.6 Å². The standard InChI is InChI=1S/C23H33N8O2P/c24-14-4-5-15-30(26)17-20(25)10-13-22-27-28-23(19-6-2-1-3-7-19)29-31(22)16-18-8-11-21(12-9-18)33-34-32/h1-3,6-9,11-12,17,32,34H,4-5,10,13-16,24-26H2,(H,28,29)/b20-17-. The van der Waals surface area contributed by atoms with Crippen molar-refractivity contribution in [3.05, 3.63) is 77.6 Å². The van der Waals surface area contributed by atoms with Crippen LogP contribution in [-0.4, -0.2) is 39.7 Å². The van der Waals surface area contributed by atoms with Crippen LogP contribution < -0.4 is 27.3 Å². The van der Waals surface area contributed by atoms with Crippen molar-refractivity contribution in [1.82, 2.24) is 15.4 Å². The minimum absolute atomic E-state index is 0.554. The summed E-state index contributed by atoms with van der Waals surface area (Å²) >= 11 is 0. The molecule has 0 aromatic heterocycles. The zero-order valence-corrected chi connectivity index (χ0v) is 20.1. The van der Waals surface area contributed by atoms with E-state index >= 15 is 0 Å². The molecule has 0 aliphatic carbocycles. The smallest absolute Gasteiger partial charge is 0.212 e. The van der Waals surface area contributed by atoms with E-state index in [1.165, 1.54) is 0 Å². The van der Waals surface area contributed by atoms with Gasteiger partial charge in [0.05, 0.1) is 6.54 Å². The van der Waals surface area contributed by atoms with Crippen molar-refractivity contribution in [3.63, 3.8) is 0 Å². The number of benzene rings is 2. The molecule has 11 heteroatoms. The van der Waals surface area contributed by atoms with E-state index < -0.39 is 9.03 Å². The van der Waals surface area contributed by atoms with E-state index in [0.717, 1.165) is 29.8 Å². The Kier molecular flexibility index (Phi) is 10.1. The number of amidine groups is 2. The fourth-order valence-electron chi connectivity index (χ4n) is 3.35. The van der Waals surface area contributed by atoms with Gasteiger partial charge in [0.2, 0.25) is 9.03 Å². The third-order valence-electron chi connectivity index (χ3n) is 5.13. The first-order valence-corrected chi connectivity index (χ1v) is 12.0. The molecule has 0 radical (unpaired) electrons. The van der Waals surface area contributed by atoms with E-state index in [4.69, 9.17) is 26.7 Å². The van der Waals surface area contributed by atoms with Crippen molar-refractivity contribution in [1.29, 1.82) is 0 Å². The monoisotopic (exact) mass is 484 g/mol. The topological polar surface area (TPSA) is 151 Å². The van der Waals surface area contributed by atoms with Crippen LogP contribution in [0.25, 0.3) is 0 Å². The quantitative estimate of drug-likeness (QED) is 0.126. The first-order valence-electron chi connectivity index (χ1n) is 11.2. The molecule has 10 nitrogen and oxygen atoms in total. The van der Waals surface area contributed by atoms with Gasteiger partial charge in [-0.25, -0.2) is 5.84 Å². The molecule has 2 aromatic rings. The molecule has 1 unspecified atom stereocenters. The average molecular weight is 485 g/mol. The van der Waals surface area contributed by atoms with Gasteiger partial charge in [0.15, 0.2) is 5.84 Å². The van der Waals surface area contributed by atoms with E-state index in [1.54, 1.807) is 11.2 Å². The van der Waals surface area contributed by atoms with Crippen LogP contribution in [0.3, 0.4) is 0 Å². The number of allylic oxidation sites excluding steroid dienone is 1. The maximum Gasteiger partial charge on any atom is 0.212 e. The van der Waals surface area contributed by atoms with Crippen LogP contribution in [0, 0.1) is 0 Å². The molecular formula is C23H33N8O2P.